The zero-order chi connectivity index (χ0) is 22.0. The predicted octanol–water partition coefficient (Wildman–Crippen LogP) is 5.30. The molecule has 0 fully saturated rings. The normalized spacial score (nSPS) is 13.7. The Morgan fingerprint density at radius 2 is 1.48 bits per heavy atom. The van der Waals surface area contributed by atoms with Crippen molar-refractivity contribution in [3.05, 3.63) is 94.5 Å². The van der Waals surface area contributed by atoms with Gasteiger partial charge in [-0.2, -0.15) is 0 Å². The molecule has 1 aliphatic rings. The van der Waals surface area contributed by atoms with Gasteiger partial charge in [0.05, 0.1) is 12.8 Å². The molecule has 0 saturated heterocycles. The van der Waals surface area contributed by atoms with Gasteiger partial charge in [0, 0.05) is 10.6 Å². The minimum absolute atomic E-state index is 0.267. The van der Waals surface area contributed by atoms with Crippen LogP contribution in [0.1, 0.15) is 11.1 Å². The van der Waals surface area contributed by atoms with Crippen LogP contribution in [-0.2, 0) is 9.59 Å². The Morgan fingerprint density at radius 1 is 0.839 bits per heavy atom. The number of imide groups is 1. The maximum atomic E-state index is 13.4. The van der Waals surface area contributed by atoms with Crippen molar-refractivity contribution in [3.8, 4) is 5.75 Å². The van der Waals surface area contributed by atoms with Gasteiger partial charge in [-0.3, -0.25) is 9.59 Å². The molecule has 0 spiro atoms. The number of hydrogen-bond acceptors (Lipinski definition) is 5. The summed E-state index contributed by atoms with van der Waals surface area (Å²) in [6.45, 7) is 3.90. The molecule has 1 N–H and O–H groups in total. The minimum Gasteiger partial charge on any atom is -0.497 e. The number of methoxy groups -OCH3 is 1. The number of nitrogens with zero attached hydrogens (tertiary/aromatic N) is 1. The zero-order valence-electron chi connectivity index (χ0n) is 17.5. The number of ether oxygens (including phenoxy) is 1. The van der Waals surface area contributed by atoms with E-state index < -0.39 is 0 Å². The molecule has 0 aliphatic carbocycles. The number of anilines is 2. The molecule has 4 rings (SSSR count). The SMILES string of the molecule is COc1ccc(NC2=C(Sc3ccccc3)C(=O)N(c3cc(C)cc(C)c3)C2=O)cc1. The molecule has 0 bridgehead atoms. The van der Waals surface area contributed by atoms with Crippen LogP contribution in [-0.4, -0.2) is 18.9 Å². The van der Waals surface area contributed by atoms with Crippen LogP contribution < -0.4 is 15.0 Å². The number of carbonyl (C=O) groups is 2. The van der Waals surface area contributed by atoms with E-state index in [-0.39, 0.29) is 17.5 Å². The maximum Gasteiger partial charge on any atom is 0.283 e. The van der Waals surface area contributed by atoms with Crippen LogP contribution >= 0.6 is 11.8 Å². The summed E-state index contributed by atoms with van der Waals surface area (Å²) in [5.74, 6) is 0.00761. The summed E-state index contributed by atoms with van der Waals surface area (Å²) in [6.07, 6.45) is 0. The van der Waals surface area contributed by atoms with Gasteiger partial charge in [0.1, 0.15) is 16.4 Å². The summed E-state index contributed by atoms with van der Waals surface area (Å²) in [4.78, 5) is 29.3. The molecule has 1 heterocycles. The second-order valence-corrected chi connectivity index (χ2v) is 8.35. The van der Waals surface area contributed by atoms with Crippen LogP contribution in [0.3, 0.4) is 0 Å². The molecule has 0 atom stereocenters. The molecule has 6 heteroatoms. The third-order valence-electron chi connectivity index (χ3n) is 4.83. The first-order valence-electron chi connectivity index (χ1n) is 9.81. The average Bonchev–Trinajstić information content (AvgIpc) is 2.98. The van der Waals surface area contributed by atoms with E-state index in [1.165, 1.54) is 16.7 Å². The number of benzene rings is 3. The first-order valence-corrected chi connectivity index (χ1v) is 10.6. The Labute approximate surface area is 185 Å². The number of carbonyl (C=O) groups excluding carboxylic acids is 2. The van der Waals surface area contributed by atoms with Gasteiger partial charge < -0.3 is 10.1 Å². The van der Waals surface area contributed by atoms with Gasteiger partial charge in [-0.25, -0.2) is 4.90 Å². The number of thioether (sulfide) groups is 1. The lowest BCUT2D eigenvalue weighted by atomic mass is 10.1. The lowest BCUT2D eigenvalue weighted by Gasteiger charge is -2.17. The van der Waals surface area contributed by atoms with E-state index in [0.717, 1.165) is 16.0 Å². The van der Waals surface area contributed by atoms with Crippen LogP contribution in [0.5, 0.6) is 5.75 Å². The highest BCUT2D eigenvalue weighted by atomic mass is 32.2. The molecule has 3 aromatic carbocycles. The van der Waals surface area contributed by atoms with Crippen molar-refractivity contribution >= 4 is 35.0 Å². The molecular formula is C25H22N2O3S. The highest BCUT2D eigenvalue weighted by Gasteiger charge is 2.40. The van der Waals surface area contributed by atoms with E-state index in [2.05, 4.69) is 5.32 Å². The smallest absolute Gasteiger partial charge is 0.283 e. The fourth-order valence-electron chi connectivity index (χ4n) is 3.45. The third-order valence-corrected chi connectivity index (χ3v) is 5.92. The van der Waals surface area contributed by atoms with E-state index in [1.807, 2.05) is 74.5 Å². The van der Waals surface area contributed by atoms with E-state index in [4.69, 9.17) is 4.74 Å². The van der Waals surface area contributed by atoms with Crippen molar-refractivity contribution in [2.45, 2.75) is 18.7 Å². The van der Waals surface area contributed by atoms with Gasteiger partial charge in [0.25, 0.3) is 11.8 Å². The Kier molecular flexibility index (Phi) is 5.82. The van der Waals surface area contributed by atoms with Crippen molar-refractivity contribution < 1.29 is 14.3 Å². The third kappa shape index (κ3) is 4.34. The van der Waals surface area contributed by atoms with Gasteiger partial charge in [0.2, 0.25) is 0 Å². The number of hydrogen-bond donors (Lipinski definition) is 1. The predicted molar refractivity (Wildman–Crippen MR) is 124 cm³/mol. The van der Waals surface area contributed by atoms with Crippen LogP contribution in [0, 0.1) is 13.8 Å². The summed E-state index contributed by atoms with van der Waals surface area (Å²) < 4.78 is 5.20. The van der Waals surface area contributed by atoms with E-state index in [0.29, 0.717) is 22.0 Å². The van der Waals surface area contributed by atoms with Crippen molar-refractivity contribution in [2.24, 2.45) is 0 Å². The van der Waals surface area contributed by atoms with E-state index in [1.54, 1.807) is 19.2 Å². The number of aryl methyl sites for hydroxylation is 2. The summed E-state index contributed by atoms with van der Waals surface area (Å²) in [5.41, 5.74) is 3.52. The molecular weight excluding hydrogens is 408 g/mol. The lowest BCUT2D eigenvalue weighted by molar-refractivity contribution is -0.120. The standard InChI is InChI=1S/C25H22N2O3S/c1-16-13-17(2)15-19(14-16)27-24(28)22(26-18-9-11-20(30-3)12-10-18)23(25(27)29)31-21-7-5-4-6-8-21/h4-15,26H,1-3H3. The highest BCUT2D eigenvalue weighted by Crippen LogP contribution is 2.38. The molecule has 0 radical (unpaired) electrons. The average molecular weight is 431 g/mol. The van der Waals surface area contributed by atoms with Crippen LogP contribution in [0.25, 0.3) is 0 Å². The van der Waals surface area contributed by atoms with Crippen LogP contribution in [0.2, 0.25) is 0 Å². The molecule has 31 heavy (non-hydrogen) atoms. The first-order chi connectivity index (χ1) is 15.0. The summed E-state index contributed by atoms with van der Waals surface area (Å²) in [5, 5.41) is 3.16. The molecule has 5 nitrogen and oxygen atoms in total. The fraction of sp³-hybridized carbons (Fsp3) is 0.120. The van der Waals surface area contributed by atoms with Crippen molar-refractivity contribution in [3.63, 3.8) is 0 Å². The molecule has 156 valence electrons. The van der Waals surface area contributed by atoms with Crippen molar-refractivity contribution in [2.75, 3.05) is 17.3 Å². The van der Waals surface area contributed by atoms with Gasteiger partial charge >= 0.3 is 0 Å². The largest absolute Gasteiger partial charge is 0.497 e. The molecule has 0 unspecified atom stereocenters. The van der Waals surface area contributed by atoms with Crippen LogP contribution in [0.15, 0.2) is 88.3 Å². The lowest BCUT2D eigenvalue weighted by Crippen LogP contribution is -2.32. The summed E-state index contributed by atoms with van der Waals surface area (Å²) in [6, 6.07) is 22.5. The van der Waals surface area contributed by atoms with Gasteiger partial charge in [-0.1, -0.05) is 36.0 Å². The second kappa shape index (κ2) is 8.70. The minimum atomic E-state index is -0.371. The molecule has 2 amide bonds. The zero-order valence-corrected chi connectivity index (χ0v) is 18.3. The quantitative estimate of drug-likeness (QED) is 0.538. The van der Waals surface area contributed by atoms with Gasteiger partial charge in [-0.05, 0) is 73.5 Å². The van der Waals surface area contributed by atoms with Gasteiger partial charge in [0.15, 0.2) is 0 Å². The monoisotopic (exact) mass is 430 g/mol. The fourth-order valence-corrected chi connectivity index (χ4v) is 4.40. The van der Waals surface area contributed by atoms with E-state index >= 15 is 0 Å². The molecule has 3 aromatic rings. The Hall–Kier alpha value is -3.51. The number of amides is 2. The van der Waals surface area contributed by atoms with Gasteiger partial charge in [-0.15, -0.1) is 0 Å². The Balaban J connectivity index is 1.74. The van der Waals surface area contributed by atoms with Crippen LogP contribution in [0.4, 0.5) is 11.4 Å². The molecule has 1 aliphatic heterocycles. The second-order valence-electron chi connectivity index (χ2n) is 7.26. The van der Waals surface area contributed by atoms with Crippen molar-refractivity contribution in [1.82, 2.24) is 0 Å². The summed E-state index contributed by atoms with van der Waals surface area (Å²) >= 11 is 1.29. The Bertz CT molecular complexity index is 1150. The maximum absolute atomic E-state index is 13.4. The van der Waals surface area contributed by atoms with E-state index in [9.17, 15) is 9.59 Å². The topological polar surface area (TPSA) is 58.6 Å². The highest BCUT2D eigenvalue weighted by molar-refractivity contribution is 8.04. The summed E-state index contributed by atoms with van der Waals surface area (Å²) in [7, 11) is 1.60. The Morgan fingerprint density at radius 3 is 2.10 bits per heavy atom. The molecule has 0 saturated carbocycles. The number of nitrogens with one attached hydrogen (secondary N) is 1. The number of rotatable bonds is 6. The van der Waals surface area contributed by atoms with Crippen molar-refractivity contribution in [1.29, 1.82) is 0 Å². The first kappa shape index (κ1) is 20.8. The molecule has 0 aromatic heterocycles.